The van der Waals surface area contributed by atoms with E-state index < -0.39 is 0 Å². The van der Waals surface area contributed by atoms with E-state index in [4.69, 9.17) is 0 Å². The van der Waals surface area contributed by atoms with Crippen LogP contribution in [0.4, 0.5) is 0 Å². The van der Waals surface area contributed by atoms with Gasteiger partial charge in [-0.3, -0.25) is 10.1 Å². The minimum Gasteiger partial charge on any atom is -0.319 e. The molecule has 3 heteroatoms. The first-order valence-electron chi connectivity index (χ1n) is 7.85. The van der Waals surface area contributed by atoms with Crippen molar-refractivity contribution in [3.8, 4) is 0 Å². The third kappa shape index (κ3) is 2.35. The summed E-state index contributed by atoms with van der Waals surface area (Å²) in [5, 5.41) is 3.56. The Morgan fingerprint density at radius 1 is 1.35 bits per heavy atom. The van der Waals surface area contributed by atoms with Crippen molar-refractivity contribution in [2.24, 2.45) is 0 Å². The molecule has 0 radical (unpaired) electrons. The van der Waals surface area contributed by atoms with Crippen LogP contribution < -0.4 is 5.32 Å². The average molecular weight is 272 g/mol. The van der Waals surface area contributed by atoms with Crippen molar-refractivity contribution in [3.05, 3.63) is 35.4 Å². The van der Waals surface area contributed by atoms with Crippen LogP contribution >= 0.6 is 0 Å². The van der Waals surface area contributed by atoms with E-state index in [1.807, 2.05) is 0 Å². The third-order valence-electron chi connectivity index (χ3n) is 4.59. The molecule has 3 nitrogen and oxygen atoms in total. The summed E-state index contributed by atoms with van der Waals surface area (Å²) in [6, 6.07) is 8.98. The Labute approximate surface area is 121 Å². The van der Waals surface area contributed by atoms with Gasteiger partial charge in [0.05, 0.1) is 6.04 Å². The Bertz CT molecular complexity index is 496. The monoisotopic (exact) mass is 272 g/mol. The Hall–Kier alpha value is -1.35. The number of rotatable bonds is 4. The van der Waals surface area contributed by atoms with Gasteiger partial charge >= 0.3 is 0 Å². The Morgan fingerprint density at radius 3 is 2.75 bits per heavy atom. The lowest BCUT2D eigenvalue weighted by molar-refractivity contribution is -0.134. The number of hydrogen-bond acceptors (Lipinski definition) is 2. The Kier molecular flexibility index (Phi) is 3.79. The van der Waals surface area contributed by atoms with Crippen molar-refractivity contribution in [1.82, 2.24) is 10.2 Å². The molecule has 3 rings (SSSR count). The van der Waals surface area contributed by atoms with Crippen molar-refractivity contribution < 1.29 is 4.79 Å². The van der Waals surface area contributed by atoms with Crippen molar-refractivity contribution in [3.63, 3.8) is 0 Å². The summed E-state index contributed by atoms with van der Waals surface area (Å²) in [6.45, 7) is 4.25. The summed E-state index contributed by atoms with van der Waals surface area (Å²) in [6.07, 6.45) is 5.63. The van der Waals surface area contributed by atoms with Gasteiger partial charge in [-0.2, -0.15) is 0 Å². The van der Waals surface area contributed by atoms with Crippen molar-refractivity contribution in [1.29, 1.82) is 0 Å². The molecule has 108 valence electrons. The van der Waals surface area contributed by atoms with Crippen LogP contribution in [0.3, 0.4) is 0 Å². The van der Waals surface area contributed by atoms with Crippen LogP contribution in [0.15, 0.2) is 24.3 Å². The van der Waals surface area contributed by atoms with E-state index in [1.54, 1.807) is 0 Å². The van der Waals surface area contributed by atoms with E-state index >= 15 is 0 Å². The van der Waals surface area contributed by atoms with Gasteiger partial charge in [0, 0.05) is 6.04 Å². The van der Waals surface area contributed by atoms with Crippen LogP contribution in [0.5, 0.6) is 0 Å². The maximum Gasteiger partial charge on any atom is 0.241 e. The van der Waals surface area contributed by atoms with E-state index in [0.717, 1.165) is 25.7 Å². The summed E-state index contributed by atoms with van der Waals surface area (Å²) >= 11 is 0. The molecule has 1 N–H and O–H groups in total. The molecular formula is C17H24N2O. The lowest BCUT2D eigenvalue weighted by Gasteiger charge is -2.38. The molecule has 1 aromatic rings. The predicted molar refractivity (Wildman–Crippen MR) is 80.2 cm³/mol. The minimum atomic E-state index is 0.00566. The zero-order valence-corrected chi connectivity index (χ0v) is 12.4. The standard InChI is InChI=1S/C17H24N2O/c1-3-6-15-17(20)19(14-9-5-10-14)16(18-15)13-8-4-7-12(2)11-13/h4,7-8,11,14-16,18H,3,5-6,9-10H2,1-2H3. The second-order valence-electron chi connectivity index (χ2n) is 6.15. The summed E-state index contributed by atoms with van der Waals surface area (Å²) in [5.74, 6) is 0.308. The molecule has 1 saturated carbocycles. The molecule has 2 aliphatic rings. The van der Waals surface area contributed by atoms with Crippen LogP contribution in [-0.4, -0.2) is 22.9 Å². The number of carbonyl (C=O) groups is 1. The van der Waals surface area contributed by atoms with Crippen molar-refractivity contribution >= 4 is 5.91 Å². The molecule has 1 saturated heterocycles. The van der Waals surface area contributed by atoms with Gasteiger partial charge in [-0.1, -0.05) is 43.2 Å². The highest BCUT2D eigenvalue weighted by Crippen LogP contribution is 2.36. The van der Waals surface area contributed by atoms with Gasteiger partial charge in [0.2, 0.25) is 5.91 Å². The van der Waals surface area contributed by atoms with Gasteiger partial charge in [-0.05, 0) is 38.2 Å². The van der Waals surface area contributed by atoms with Gasteiger partial charge in [0.25, 0.3) is 0 Å². The maximum atomic E-state index is 12.7. The zero-order valence-electron chi connectivity index (χ0n) is 12.4. The predicted octanol–water partition coefficient (Wildman–Crippen LogP) is 3.15. The first-order valence-corrected chi connectivity index (χ1v) is 7.85. The van der Waals surface area contributed by atoms with Crippen molar-refractivity contribution in [2.75, 3.05) is 0 Å². The minimum absolute atomic E-state index is 0.00566. The number of carbonyl (C=O) groups excluding carboxylic acids is 1. The largest absolute Gasteiger partial charge is 0.319 e. The lowest BCUT2D eigenvalue weighted by Crippen LogP contribution is -2.44. The number of hydrogen-bond donors (Lipinski definition) is 1. The first kappa shape index (κ1) is 13.6. The highest BCUT2D eigenvalue weighted by Gasteiger charge is 2.44. The number of benzene rings is 1. The van der Waals surface area contributed by atoms with Crippen LogP contribution in [0.2, 0.25) is 0 Å². The van der Waals surface area contributed by atoms with Gasteiger partial charge < -0.3 is 4.90 Å². The van der Waals surface area contributed by atoms with E-state index in [1.165, 1.54) is 17.5 Å². The molecular weight excluding hydrogens is 248 g/mol. The molecule has 0 spiro atoms. The molecule has 2 unspecified atom stereocenters. The molecule has 1 amide bonds. The zero-order chi connectivity index (χ0) is 14.1. The van der Waals surface area contributed by atoms with E-state index in [9.17, 15) is 4.79 Å². The van der Waals surface area contributed by atoms with E-state index in [2.05, 4.69) is 48.3 Å². The smallest absolute Gasteiger partial charge is 0.241 e. The molecule has 20 heavy (non-hydrogen) atoms. The van der Waals surface area contributed by atoms with E-state index in [0.29, 0.717) is 11.9 Å². The molecule has 0 bridgehead atoms. The van der Waals surface area contributed by atoms with Gasteiger partial charge in [-0.25, -0.2) is 0 Å². The summed E-state index contributed by atoms with van der Waals surface area (Å²) < 4.78 is 0. The maximum absolute atomic E-state index is 12.7. The Morgan fingerprint density at radius 2 is 2.15 bits per heavy atom. The van der Waals surface area contributed by atoms with Crippen molar-refractivity contribution in [2.45, 2.75) is 64.2 Å². The second kappa shape index (κ2) is 5.57. The summed E-state index contributed by atoms with van der Waals surface area (Å²) in [5.41, 5.74) is 2.48. The summed E-state index contributed by atoms with van der Waals surface area (Å²) in [7, 11) is 0. The van der Waals surface area contributed by atoms with Crippen LogP contribution in [0, 0.1) is 6.92 Å². The number of nitrogens with one attached hydrogen (secondary N) is 1. The highest BCUT2D eigenvalue weighted by atomic mass is 16.2. The quantitative estimate of drug-likeness (QED) is 0.913. The second-order valence-corrected chi connectivity index (χ2v) is 6.15. The fourth-order valence-corrected chi connectivity index (χ4v) is 3.30. The molecule has 2 fully saturated rings. The average Bonchev–Trinajstić information content (AvgIpc) is 2.67. The SMILES string of the molecule is CCCC1NC(c2cccc(C)c2)N(C2CCC2)C1=O. The van der Waals surface area contributed by atoms with Crippen LogP contribution in [-0.2, 0) is 4.79 Å². The molecule has 1 aliphatic carbocycles. The number of aryl methyl sites for hydroxylation is 1. The summed E-state index contributed by atoms with van der Waals surface area (Å²) in [4.78, 5) is 14.8. The fraction of sp³-hybridized carbons (Fsp3) is 0.588. The van der Waals surface area contributed by atoms with Gasteiger partial charge in [0.15, 0.2) is 0 Å². The Balaban J connectivity index is 1.88. The fourth-order valence-electron chi connectivity index (χ4n) is 3.30. The molecule has 1 aliphatic heterocycles. The third-order valence-corrected chi connectivity index (χ3v) is 4.59. The van der Waals surface area contributed by atoms with Gasteiger partial charge in [0.1, 0.15) is 6.17 Å². The normalized spacial score (nSPS) is 26.9. The topological polar surface area (TPSA) is 32.3 Å². The van der Waals surface area contributed by atoms with Crippen LogP contribution in [0.1, 0.15) is 56.3 Å². The van der Waals surface area contributed by atoms with Gasteiger partial charge in [-0.15, -0.1) is 0 Å². The number of nitrogens with zero attached hydrogens (tertiary/aromatic N) is 1. The first-order chi connectivity index (χ1) is 9.70. The lowest BCUT2D eigenvalue weighted by atomic mass is 9.90. The number of amides is 1. The van der Waals surface area contributed by atoms with E-state index in [-0.39, 0.29) is 12.2 Å². The molecule has 1 heterocycles. The molecule has 1 aromatic carbocycles. The molecule has 0 aromatic heterocycles. The molecule has 2 atom stereocenters. The highest BCUT2D eigenvalue weighted by molar-refractivity contribution is 5.85. The van der Waals surface area contributed by atoms with Crippen LogP contribution in [0.25, 0.3) is 0 Å².